The number of alkyl halides is 3. The Hall–Kier alpha value is -1.91. The molecule has 0 saturated heterocycles. The van der Waals surface area contributed by atoms with Crippen molar-refractivity contribution in [3.05, 3.63) is 42.1 Å². The summed E-state index contributed by atoms with van der Waals surface area (Å²) in [6.45, 7) is 0. The van der Waals surface area contributed by atoms with Gasteiger partial charge in [-0.1, -0.05) is 12.1 Å². The molecule has 1 aromatic carbocycles. The van der Waals surface area contributed by atoms with Crippen molar-refractivity contribution in [3.63, 3.8) is 0 Å². The summed E-state index contributed by atoms with van der Waals surface area (Å²) in [5.74, 6) is 0.532. The van der Waals surface area contributed by atoms with Crippen LogP contribution in [-0.4, -0.2) is 4.57 Å². The molecule has 2 rings (SSSR count). The standard InChI is InChI=1S/C12H11F3N2/c1-17-7-6-10(11(17)16)8-2-4-9(5-3-8)12(13,14)15/h2-7H,16H2,1H3. The van der Waals surface area contributed by atoms with Gasteiger partial charge in [0, 0.05) is 18.8 Å². The van der Waals surface area contributed by atoms with Crippen LogP contribution in [0.1, 0.15) is 5.56 Å². The second-order valence-corrected chi connectivity index (χ2v) is 3.80. The summed E-state index contributed by atoms with van der Waals surface area (Å²) in [4.78, 5) is 0. The number of hydrogen-bond acceptors (Lipinski definition) is 1. The van der Waals surface area contributed by atoms with Crippen molar-refractivity contribution in [3.8, 4) is 11.1 Å². The van der Waals surface area contributed by atoms with Gasteiger partial charge in [-0.05, 0) is 23.8 Å². The minimum absolute atomic E-state index is 0.532. The molecule has 2 nitrogen and oxygen atoms in total. The van der Waals surface area contributed by atoms with E-state index in [2.05, 4.69) is 0 Å². The predicted octanol–water partition coefficient (Wildman–Crippen LogP) is 3.29. The lowest BCUT2D eigenvalue weighted by Crippen LogP contribution is -2.04. The lowest BCUT2D eigenvalue weighted by molar-refractivity contribution is -0.137. The normalized spacial score (nSPS) is 11.8. The average molecular weight is 240 g/mol. The van der Waals surface area contributed by atoms with Gasteiger partial charge in [0.25, 0.3) is 0 Å². The molecule has 0 unspecified atom stereocenters. The number of nitrogens with zero attached hydrogens (tertiary/aromatic N) is 1. The molecular formula is C12H11F3N2. The number of nitrogens with two attached hydrogens (primary N) is 1. The molecule has 0 fully saturated rings. The first kappa shape index (κ1) is 11.6. The zero-order chi connectivity index (χ0) is 12.6. The Morgan fingerprint density at radius 1 is 1.06 bits per heavy atom. The Morgan fingerprint density at radius 3 is 2.06 bits per heavy atom. The SMILES string of the molecule is Cn1ccc(-c2ccc(C(F)(F)F)cc2)c1N. The molecular weight excluding hydrogens is 229 g/mol. The monoisotopic (exact) mass is 240 g/mol. The van der Waals surface area contributed by atoms with E-state index < -0.39 is 11.7 Å². The van der Waals surface area contributed by atoms with Gasteiger partial charge in [-0.3, -0.25) is 0 Å². The number of benzene rings is 1. The van der Waals surface area contributed by atoms with Crippen molar-refractivity contribution in [2.24, 2.45) is 7.05 Å². The third kappa shape index (κ3) is 2.13. The maximum absolute atomic E-state index is 12.4. The molecule has 2 aromatic rings. The summed E-state index contributed by atoms with van der Waals surface area (Å²) < 4.78 is 38.8. The highest BCUT2D eigenvalue weighted by Crippen LogP contribution is 2.32. The number of hydrogen-bond donors (Lipinski definition) is 1. The number of aromatic nitrogens is 1. The van der Waals surface area contributed by atoms with E-state index in [1.54, 1.807) is 23.9 Å². The molecule has 0 aliphatic rings. The fourth-order valence-corrected chi connectivity index (χ4v) is 1.62. The molecule has 90 valence electrons. The van der Waals surface area contributed by atoms with E-state index in [1.165, 1.54) is 12.1 Å². The molecule has 0 aliphatic heterocycles. The Bertz CT molecular complexity index is 524. The molecule has 0 radical (unpaired) electrons. The first-order valence-electron chi connectivity index (χ1n) is 4.98. The van der Waals surface area contributed by atoms with Gasteiger partial charge in [-0.15, -0.1) is 0 Å². The van der Waals surface area contributed by atoms with Gasteiger partial charge in [0.1, 0.15) is 5.82 Å². The molecule has 0 atom stereocenters. The van der Waals surface area contributed by atoms with Crippen LogP contribution < -0.4 is 5.73 Å². The zero-order valence-electron chi connectivity index (χ0n) is 9.12. The number of anilines is 1. The summed E-state index contributed by atoms with van der Waals surface area (Å²) in [7, 11) is 1.78. The molecule has 5 heteroatoms. The third-order valence-corrected chi connectivity index (χ3v) is 2.64. The molecule has 2 N–H and O–H groups in total. The molecule has 0 bridgehead atoms. The van der Waals surface area contributed by atoms with Gasteiger partial charge in [0.05, 0.1) is 5.56 Å². The molecule has 0 spiro atoms. The average Bonchev–Trinajstić information content (AvgIpc) is 2.59. The minimum atomic E-state index is -4.30. The second-order valence-electron chi connectivity index (χ2n) is 3.80. The van der Waals surface area contributed by atoms with Gasteiger partial charge < -0.3 is 10.3 Å². The van der Waals surface area contributed by atoms with Crippen molar-refractivity contribution in [1.29, 1.82) is 0 Å². The lowest BCUT2D eigenvalue weighted by atomic mass is 10.1. The first-order valence-corrected chi connectivity index (χ1v) is 4.98. The predicted molar refractivity (Wildman–Crippen MR) is 60.3 cm³/mol. The van der Waals surface area contributed by atoms with Crippen molar-refractivity contribution in [2.45, 2.75) is 6.18 Å². The molecule has 1 aromatic heterocycles. The number of nitrogen functional groups attached to an aromatic ring is 1. The fourth-order valence-electron chi connectivity index (χ4n) is 1.62. The number of aryl methyl sites for hydroxylation is 1. The molecule has 1 heterocycles. The van der Waals surface area contributed by atoms with Crippen molar-refractivity contribution in [2.75, 3.05) is 5.73 Å². The van der Waals surface area contributed by atoms with Crippen LogP contribution in [-0.2, 0) is 13.2 Å². The summed E-state index contributed by atoms with van der Waals surface area (Å²) in [6.07, 6.45) is -2.54. The van der Waals surface area contributed by atoms with Crippen LogP contribution in [0.3, 0.4) is 0 Å². The van der Waals surface area contributed by atoms with Crippen LogP contribution in [0.4, 0.5) is 19.0 Å². The maximum atomic E-state index is 12.4. The first-order chi connectivity index (χ1) is 7.89. The summed E-state index contributed by atoms with van der Waals surface area (Å²) >= 11 is 0. The second kappa shape index (κ2) is 3.84. The fraction of sp³-hybridized carbons (Fsp3) is 0.167. The van der Waals surface area contributed by atoms with Crippen LogP contribution in [0, 0.1) is 0 Å². The van der Waals surface area contributed by atoms with Gasteiger partial charge in [-0.2, -0.15) is 13.2 Å². The van der Waals surface area contributed by atoms with E-state index in [0.29, 0.717) is 11.4 Å². The molecule has 17 heavy (non-hydrogen) atoms. The summed E-state index contributed by atoms with van der Waals surface area (Å²) in [5.41, 5.74) is 6.56. The van der Waals surface area contributed by atoms with Gasteiger partial charge >= 0.3 is 6.18 Å². The largest absolute Gasteiger partial charge is 0.416 e. The van der Waals surface area contributed by atoms with Crippen LogP contribution in [0.5, 0.6) is 0 Å². The van der Waals surface area contributed by atoms with Gasteiger partial charge in [0.2, 0.25) is 0 Å². The van der Waals surface area contributed by atoms with Crippen molar-refractivity contribution >= 4 is 5.82 Å². The van der Waals surface area contributed by atoms with E-state index in [9.17, 15) is 13.2 Å². The van der Waals surface area contributed by atoms with Crippen LogP contribution in [0.2, 0.25) is 0 Å². The quantitative estimate of drug-likeness (QED) is 0.814. The Balaban J connectivity index is 2.40. The molecule has 0 aliphatic carbocycles. The summed E-state index contributed by atoms with van der Waals surface area (Å²) in [5, 5.41) is 0. The number of rotatable bonds is 1. The smallest absolute Gasteiger partial charge is 0.385 e. The minimum Gasteiger partial charge on any atom is -0.385 e. The Kier molecular flexibility index (Phi) is 2.61. The Labute approximate surface area is 96.5 Å². The highest BCUT2D eigenvalue weighted by atomic mass is 19.4. The number of halogens is 3. The highest BCUT2D eigenvalue weighted by molar-refractivity contribution is 5.74. The zero-order valence-corrected chi connectivity index (χ0v) is 9.12. The van der Waals surface area contributed by atoms with Crippen LogP contribution >= 0.6 is 0 Å². The van der Waals surface area contributed by atoms with Gasteiger partial charge in [0.15, 0.2) is 0 Å². The van der Waals surface area contributed by atoms with Crippen LogP contribution in [0.15, 0.2) is 36.5 Å². The van der Waals surface area contributed by atoms with Crippen molar-refractivity contribution in [1.82, 2.24) is 4.57 Å². The van der Waals surface area contributed by atoms with E-state index in [0.717, 1.165) is 17.7 Å². The van der Waals surface area contributed by atoms with Crippen molar-refractivity contribution < 1.29 is 13.2 Å². The molecule has 0 amide bonds. The highest BCUT2D eigenvalue weighted by Gasteiger charge is 2.30. The Morgan fingerprint density at radius 2 is 1.65 bits per heavy atom. The maximum Gasteiger partial charge on any atom is 0.416 e. The lowest BCUT2D eigenvalue weighted by Gasteiger charge is -2.07. The van der Waals surface area contributed by atoms with E-state index in [-0.39, 0.29) is 0 Å². The van der Waals surface area contributed by atoms with Crippen LogP contribution in [0.25, 0.3) is 11.1 Å². The van der Waals surface area contributed by atoms with E-state index >= 15 is 0 Å². The van der Waals surface area contributed by atoms with Gasteiger partial charge in [-0.25, -0.2) is 0 Å². The topological polar surface area (TPSA) is 30.9 Å². The van der Waals surface area contributed by atoms with E-state index in [1.807, 2.05) is 0 Å². The summed E-state index contributed by atoms with van der Waals surface area (Å²) in [6, 6.07) is 6.74. The third-order valence-electron chi connectivity index (χ3n) is 2.64. The van der Waals surface area contributed by atoms with E-state index in [4.69, 9.17) is 5.73 Å². The molecule has 0 saturated carbocycles.